The van der Waals surface area contributed by atoms with E-state index in [4.69, 9.17) is 11.5 Å². The Kier molecular flexibility index (Phi) is 3.38. The average Bonchev–Trinajstić information content (AvgIpc) is 2.17. The Morgan fingerprint density at radius 1 is 1.21 bits per heavy atom. The van der Waals surface area contributed by atoms with Crippen LogP contribution in [-0.2, 0) is 0 Å². The highest BCUT2D eigenvalue weighted by atomic mass is 14.8. The Labute approximate surface area is 87.7 Å². The lowest BCUT2D eigenvalue weighted by Gasteiger charge is -2.42. The number of nitrogens with two attached hydrogens (primary N) is 2. The summed E-state index contributed by atoms with van der Waals surface area (Å²) in [6.45, 7) is 6.49. The largest absolute Gasteiger partial charge is 0.325 e. The average molecular weight is 196 g/mol. The van der Waals surface area contributed by atoms with E-state index in [1.807, 2.05) is 0 Å². The van der Waals surface area contributed by atoms with Gasteiger partial charge in [0.2, 0.25) is 0 Å². The molecule has 0 saturated heterocycles. The van der Waals surface area contributed by atoms with Crippen molar-refractivity contribution in [3.05, 3.63) is 11.6 Å². The van der Waals surface area contributed by atoms with E-state index < -0.39 is 0 Å². The molecule has 2 heteroatoms. The first-order valence-corrected chi connectivity index (χ1v) is 5.75. The van der Waals surface area contributed by atoms with Crippen LogP contribution in [0.1, 0.15) is 52.9 Å². The summed E-state index contributed by atoms with van der Waals surface area (Å²) in [5.74, 6) is 0. The molecule has 0 aromatic carbocycles. The predicted octanol–water partition coefficient (Wildman–Crippen LogP) is 2.33. The first-order chi connectivity index (χ1) is 6.47. The molecule has 0 saturated carbocycles. The van der Waals surface area contributed by atoms with Crippen LogP contribution in [0.3, 0.4) is 0 Å². The van der Waals surface area contributed by atoms with Gasteiger partial charge in [-0.1, -0.05) is 32.4 Å². The number of hydrogen-bond acceptors (Lipinski definition) is 2. The van der Waals surface area contributed by atoms with Gasteiger partial charge in [0.15, 0.2) is 0 Å². The molecule has 0 bridgehead atoms. The maximum Gasteiger partial charge on any atom is 0.0356 e. The van der Waals surface area contributed by atoms with Crippen LogP contribution in [0.5, 0.6) is 0 Å². The van der Waals surface area contributed by atoms with Crippen molar-refractivity contribution in [1.29, 1.82) is 0 Å². The van der Waals surface area contributed by atoms with Gasteiger partial charge in [0.05, 0.1) is 0 Å². The SMILES string of the molecule is CCC1=CC(N)(CC)CC(N)(CC)C1. The molecule has 0 amide bonds. The summed E-state index contributed by atoms with van der Waals surface area (Å²) >= 11 is 0. The standard InChI is InChI=1S/C12H24N2/c1-4-10-7-11(13,5-2)9-12(14,6-3)8-10/h7H,4-6,8-9,13-14H2,1-3H3. The monoisotopic (exact) mass is 196 g/mol. The summed E-state index contributed by atoms with van der Waals surface area (Å²) in [4.78, 5) is 0. The summed E-state index contributed by atoms with van der Waals surface area (Å²) in [5.41, 5.74) is 13.9. The molecular weight excluding hydrogens is 172 g/mol. The maximum atomic E-state index is 6.35. The number of hydrogen-bond donors (Lipinski definition) is 2. The highest BCUT2D eigenvalue weighted by molar-refractivity contribution is 5.23. The van der Waals surface area contributed by atoms with Crippen LogP contribution in [0.2, 0.25) is 0 Å². The molecule has 0 radical (unpaired) electrons. The number of rotatable bonds is 3. The van der Waals surface area contributed by atoms with Crippen LogP contribution in [0.15, 0.2) is 11.6 Å². The zero-order chi connectivity index (χ0) is 10.8. The molecule has 0 spiro atoms. The van der Waals surface area contributed by atoms with Crippen molar-refractivity contribution < 1.29 is 0 Å². The molecule has 82 valence electrons. The lowest BCUT2D eigenvalue weighted by Crippen LogP contribution is -2.53. The molecule has 0 fully saturated rings. The van der Waals surface area contributed by atoms with Gasteiger partial charge in [0.25, 0.3) is 0 Å². The van der Waals surface area contributed by atoms with E-state index in [9.17, 15) is 0 Å². The van der Waals surface area contributed by atoms with Gasteiger partial charge in [-0.05, 0) is 32.1 Å². The third-order valence-electron chi connectivity index (χ3n) is 3.57. The van der Waals surface area contributed by atoms with Crippen molar-refractivity contribution in [3.63, 3.8) is 0 Å². The molecule has 14 heavy (non-hydrogen) atoms. The molecule has 1 aliphatic carbocycles. The van der Waals surface area contributed by atoms with Gasteiger partial charge in [-0.25, -0.2) is 0 Å². The molecule has 0 heterocycles. The minimum Gasteiger partial charge on any atom is -0.325 e. The third kappa shape index (κ3) is 2.37. The minimum absolute atomic E-state index is 0.0646. The first-order valence-electron chi connectivity index (χ1n) is 5.75. The predicted molar refractivity (Wildman–Crippen MR) is 62.0 cm³/mol. The first kappa shape index (κ1) is 11.7. The summed E-state index contributed by atoms with van der Waals surface area (Å²) in [6.07, 6.45) is 7.29. The molecule has 0 aromatic rings. The highest BCUT2D eigenvalue weighted by Gasteiger charge is 2.37. The van der Waals surface area contributed by atoms with E-state index in [0.717, 1.165) is 32.1 Å². The quantitative estimate of drug-likeness (QED) is 0.681. The second-order valence-electron chi connectivity index (χ2n) is 4.81. The Hall–Kier alpha value is -0.340. The van der Waals surface area contributed by atoms with E-state index in [1.165, 1.54) is 5.57 Å². The molecule has 1 aliphatic rings. The molecule has 4 N–H and O–H groups in total. The van der Waals surface area contributed by atoms with Crippen LogP contribution in [0.4, 0.5) is 0 Å². The topological polar surface area (TPSA) is 52.0 Å². The minimum atomic E-state index is -0.158. The Morgan fingerprint density at radius 2 is 1.86 bits per heavy atom. The van der Waals surface area contributed by atoms with Crippen LogP contribution in [-0.4, -0.2) is 11.1 Å². The van der Waals surface area contributed by atoms with Crippen molar-refractivity contribution in [3.8, 4) is 0 Å². The Balaban J connectivity index is 2.92. The molecule has 2 nitrogen and oxygen atoms in total. The molecule has 2 unspecified atom stereocenters. The lowest BCUT2D eigenvalue weighted by molar-refractivity contribution is 0.275. The van der Waals surface area contributed by atoms with Gasteiger partial charge in [-0.15, -0.1) is 0 Å². The zero-order valence-electron chi connectivity index (χ0n) is 9.77. The van der Waals surface area contributed by atoms with Gasteiger partial charge in [-0.3, -0.25) is 0 Å². The molecule has 1 rings (SSSR count). The normalized spacial score (nSPS) is 38.2. The molecule has 0 aliphatic heterocycles. The highest BCUT2D eigenvalue weighted by Crippen LogP contribution is 2.36. The fourth-order valence-corrected chi connectivity index (χ4v) is 2.38. The van der Waals surface area contributed by atoms with Gasteiger partial charge >= 0.3 is 0 Å². The lowest BCUT2D eigenvalue weighted by atomic mass is 9.70. The van der Waals surface area contributed by atoms with Gasteiger partial charge in [0, 0.05) is 11.1 Å². The second-order valence-corrected chi connectivity index (χ2v) is 4.81. The zero-order valence-corrected chi connectivity index (χ0v) is 9.77. The Morgan fingerprint density at radius 3 is 2.29 bits per heavy atom. The molecule has 2 atom stereocenters. The smallest absolute Gasteiger partial charge is 0.0356 e. The van der Waals surface area contributed by atoms with E-state index in [1.54, 1.807) is 0 Å². The summed E-state index contributed by atoms with van der Waals surface area (Å²) < 4.78 is 0. The van der Waals surface area contributed by atoms with Crippen LogP contribution >= 0.6 is 0 Å². The fourth-order valence-electron chi connectivity index (χ4n) is 2.38. The van der Waals surface area contributed by atoms with Gasteiger partial charge in [-0.2, -0.15) is 0 Å². The molecular formula is C12H24N2. The van der Waals surface area contributed by atoms with E-state index >= 15 is 0 Å². The third-order valence-corrected chi connectivity index (χ3v) is 3.57. The van der Waals surface area contributed by atoms with Crippen molar-refractivity contribution in [2.75, 3.05) is 0 Å². The maximum absolute atomic E-state index is 6.35. The molecule has 0 aromatic heterocycles. The Bertz CT molecular complexity index is 234. The van der Waals surface area contributed by atoms with Gasteiger partial charge < -0.3 is 11.5 Å². The second kappa shape index (κ2) is 4.03. The summed E-state index contributed by atoms with van der Waals surface area (Å²) in [5, 5.41) is 0. The van der Waals surface area contributed by atoms with E-state index in [0.29, 0.717) is 0 Å². The van der Waals surface area contributed by atoms with Crippen LogP contribution < -0.4 is 11.5 Å². The van der Waals surface area contributed by atoms with Crippen molar-refractivity contribution in [2.45, 2.75) is 64.0 Å². The summed E-state index contributed by atoms with van der Waals surface area (Å²) in [7, 11) is 0. The van der Waals surface area contributed by atoms with Crippen molar-refractivity contribution >= 4 is 0 Å². The van der Waals surface area contributed by atoms with Crippen LogP contribution in [0.25, 0.3) is 0 Å². The van der Waals surface area contributed by atoms with Gasteiger partial charge in [0.1, 0.15) is 0 Å². The summed E-state index contributed by atoms with van der Waals surface area (Å²) in [6, 6.07) is 0. The fraction of sp³-hybridized carbons (Fsp3) is 0.833. The van der Waals surface area contributed by atoms with Crippen molar-refractivity contribution in [1.82, 2.24) is 0 Å². The van der Waals surface area contributed by atoms with Crippen molar-refractivity contribution in [2.24, 2.45) is 11.5 Å². The van der Waals surface area contributed by atoms with E-state index in [-0.39, 0.29) is 11.1 Å². The van der Waals surface area contributed by atoms with Crippen LogP contribution in [0, 0.1) is 0 Å². The van der Waals surface area contributed by atoms with E-state index in [2.05, 4.69) is 26.8 Å².